The van der Waals surface area contributed by atoms with Crippen LogP contribution >= 0.6 is 11.6 Å². The minimum Gasteiger partial charge on any atom is -0.317 e. The first-order valence-corrected chi connectivity index (χ1v) is 4.11. The summed E-state index contributed by atoms with van der Waals surface area (Å²) in [5, 5.41) is 11.2. The van der Waals surface area contributed by atoms with Crippen molar-refractivity contribution in [3.05, 3.63) is 28.3 Å². The van der Waals surface area contributed by atoms with Gasteiger partial charge in [0.2, 0.25) is 0 Å². The number of nitrogens with zero attached hydrogens (tertiary/aromatic N) is 1. The molecule has 0 atom stereocenters. The van der Waals surface area contributed by atoms with Crippen molar-refractivity contribution in [2.45, 2.75) is 0 Å². The Kier molecular flexibility index (Phi) is 1.76. The summed E-state index contributed by atoms with van der Waals surface area (Å²) in [5.41, 5.74) is 0.550. The smallest absolute Gasteiger partial charge is 0.296 e. The summed E-state index contributed by atoms with van der Waals surface area (Å²) in [7, 11) is 0. The average molecular weight is 207 g/mol. The largest absolute Gasteiger partial charge is 0.317 e. The summed E-state index contributed by atoms with van der Waals surface area (Å²) in [6, 6.07) is 4.76. The van der Waals surface area contributed by atoms with Gasteiger partial charge in [0.1, 0.15) is 6.07 Å². The number of fused-ring (bicyclic) bond motifs is 1. The van der Waals surface area contributed by atoms with Gasteiger partial charge >= 0.3 is 0 Å². The van der Waals surface area contributed by atoms with Crippen LogP contribution in [-0.2, 0) is 4.79 Å². The fraction of sp³-hybridized carbons (Fsp3) is 0. The van der Waals surface area contributed by atoms with E-state index in [0.717, 1.165) is 0 Å². The molecule has 0 aliphatic carbocycles. The van der Waals surface area contributed by atoms with Crippen molar-refractivity contribution in [2.24, 2.45) is 0 Å². The number of rotatable bonds is 0. The molecule has 0 bridgehead atoms. The van der Waals surface area contributed by atoms with E-state index in [4.69, 9.17) is 16.9 Å². The second kappa shape index (κ2) is 2.82. The zero-order valence-corrected chi connectivity index (χ0v) is 7.55. The Morgan fingerprint density at radius 3 is 2.71 bits per heavy atom. The number of halogens is 1. The third kappa shape index (κ3) is 0.998. The molecular formula is C9H3ClN2O2. The SMILES string of the molecule is N#Cc1ccc(Cl)c2c1NC(=O)C2=O. The van der Waals surface area contributed by atoms with Crippen LogP contribution in [0.5, 0.6) is 0 Å². The topological polar surface area (TPSA) is 70.0 Å². The Balaban J connectivity index is 2.78. The summed E-state index contributed by atoms with van der Waals surface area (Å²) in [6.45, 7) is 0. The standard InChI is InChI=1S/C9H3ClN2O2/c10-5-2-1-4(3-11)7-6(5)8(13)9(14)12-7/h1-2H,(H,12,13,14). The number of amides is 1. The van der Waals surface area contributed by atoms with Crippen molar-refractivity contribution in [3.8, 4) is 6.07 Å². The van der Waals surface area contributed by atoms with E-state index in [9.17, 15) is 9.59 Å². The highest BCUT2D eigenvalue weighted by molar-refractivity contribution is 6.55. The highest BCUT2D eigenvalue weighted by Crippen LogP contribution is 2.32. The molecule has 1 heterocycles. The first-order chi connectivity index (χ1) is 6.65. The van der Waals surface area contributed by atoms with E-state index < -0.39 is 11.7 Å². The molecule has 14 heavy (non-hydrogen) atoms. The van der Waals surface area contributed by atoms with Crippen LogP contribution in [0.1, 0.15) is 15.9 Å². The van der Waals surface area contributed by atoms with Gasteiger partial charge in [0.25, 0.3) is 11.7 Å². The Labute approximate surface area is 84.1 Å². The number of benzene rings is 1. The van der Waals surface area contributed by atoms with E-state index in [2.05, 4.69) is 5.32 Å². The monoisotopic (exact) mass is 206 g/mol. The van der Waals surface area contributed by atoms with E-state index in [-0.39, 0.29) is 21.8 Å². The lowest BCUT2D eigenvalue weighted by Gasteiger charge is -2.00. The summed E-state index contributed by atoms with van der Waals surface area (Å²) < 4.78 is 0. The maximum Gasteiger partial charge on any atom is 0.296 e. The van der Waals surface area contributed by atoms with Crippen LogP contribution in [0, 0.1) is 11.3 Å². The van der Waals surface area contributed by atoms with Crippen LogP contribution in [0.25, 0.3) is 0 Å². The highest BCUT2D eigenvalue weighted by Gasteiger charge is 2.32. The van der Waals surface area contributed by atoms with Gasteiger partial charge in [-0.15, -0.1) is 0 Å². The summed E-state index contributed by atoms with van der Waals surface area (Å²) in [6.07, 6.45) is 0. The van der Waals surface area contributed by atoms with Crippen LogP contribution in [0.4, 0.5) is 5.69 Å². The Hall–Kier alpha value is -1.86. The van der Waals surface area contributed by atoms with Crippen LogP contribution in [-0.4, -0.2) is 11.7 Å². The first kappa shape index (κ1) is 8.73. The number of carbonyl (C=O) groups is 2. The molecule has 0 aromatic heterocycles. The van der Waals surface area contributed by atoms with Gasteiger partial charge in [-0.25, -0.2) is 0 Å². The van der Waals surface area contributed by atoms with E-state index in [1.807, 2.05) is 6.07 Å². The fourth-order valence-electron chi connectivity index (χ4n) is 1.31. The minimum atomic E-state index is -0.746. The minimum absolute atomic E-state index is 0.0933. The van der Waals surface area contributed by atoms with Gasteiger partial charge in [0.15, 0.2) is 0 Å². The van der Waals surface area contributed by atoms with Gasteiger partial charge in [-0.05, 0) is 12.1 Å². The molecule has 0 saturated carbocycles. The lowest BCUT2D eigenvalue weighted by atomic mass is 10.1. The second-order valence-corrected chi connectivity index (χ2v) is 3.15. The Morgan fingerprint density at radius 2 is 2.07 bits per heavy atom. The second-order valence-electron chi connectivity index (χ2n) is 2.74. The van der Waals surface area contributed by atoms with Crippen molar-refractivity contribution in [2.75, 3.05) is 5.32 Å². The normalized spacial score (nSPS) is 13.4. The molecule has 1 aromatic rings. The number of hydrogen-bond acceptors (Lipinski definition) is 3. The molecule has 0 saturated heterocycles. The predicted octanol–water partition coefficient (Wildman–Crippen LogP) is 1.35. The van der Waals surface area contributed by atoms with Gasteiger partial charge in [0, 0.05) is 0 Å². The zero-order valence-electron chi connectivity index (χ0n) is 6.80. The quantitative estimate of drug-likeness (QED) is 0.652. The lowest BCUT2D eigenvalue weighted by Crippen LogP contribution is -2.12. The van der Waals surface area contributed by atoms with Crippen LogP contribution in [0.2, 0.25) is 5.02 Å². The predicted molar refractivity (Wildman–Crippen MR) is 49.1 cm³/mol. The van der Waals surface area contributed by atoms with Gasteiger partial charge in [0.05, 0.1) is 21.8 Å². The summed E-state index contributed by atoms with van der Waals surface area (Å²) >= 11 is 5.74. The molecule has 1 aromatic carbocycles. The molecule has 1 amide bonds. The molecule has 5 heteroatoms. The molecule has 0 radical (unpaired) electrons. The third-order valence-corrected chi connectivity index (χ3v) is 2.26. The van der Waals surface area contributed by atoms with Gasteiger partial charge in [-0.3, -0.25) is 9.59 Å². The third-order valence-electron chi connectivity index (χ3n) is 1.95. The van der Waals surface area contributed by atoms with E-state index in [1.165, 1.54) is 12.1 Å². The number of Topliss-reactive ketones (excluding diaryl/α,β-unsaturated/α-hetero) is 1. The first-order valence-electron chi connectivity index (χ1n) is 3.73. The number of anilines is 1. The van der Waals surface area contributed by atoms with Crippen molar-refractivity contribution in [3.63, 3.8) is 0 Å². The lowest BCUT2D eigenvalue weighted by molar-refractivity contribution is -0.112. The molecule has 2 rings (SSSR count). The van der Waals surface area contributed by atoms with Crippen LogP contribution < -0.4 is 5.32 Å². The van der Waals surface area contributed by atoms with Crippen molar-refractivity contribution < 1.29 is 9.59 Å². The highest BCUT2D eigenvalue weighted by atomic mass is 35.5. The van der Waals surface area contributed by atoms with Gasteiger partial charge in [-0.1, -0.05) is 11.6 Å². The van der Waals surface area contributed by atoms with Crippen molar-refractivity contribution in [1.29, 1.82) is 5.26 Å². The van der Waals surface area contributed by atoms with Gasteiger partial charge in [-0.2, -0.15) is 5.26 Å². The molecule has 0 unspecified atom stereocenters. The van der Waals surface area contributed by atoms with E-state index in [1.54, 1.807) is 0 Å². The summed E-state index contributed by atoms with van der Waals surface area (Å²) in [4.78, 5) is 22.3. The maximum absolute atomic E-state index is 11.3. The number of nitriles is 1. The zero-order chi connectivity index (χ0) is 10.3. The molecule has 4 nitrogen and oxygen atoms in total. The maximum atomic E-state index is 11.3. The van der Waals surface area contributed by atoms with Gasteiger partial charge < -0.3 is 5.32 Å². The van der Waals surface area contributed by atoms with Crippen LogP contribution in [0.3, 0.4) is 0 Å². The number of nitrogens with one attached hydrogen (secondary N) is 1. The molecule has 68 valence electrons. The number of ketones is 1. The number of hydrogen-bond donors (Lipinski definition) is 1. The molecule has 0 spiro atoms. The Morgan fingerprint density at radius 1 is 1.36 bits per heavy atom. The molecule has 1 aliphatic rings. The molecule has 0 fully saturated rings. The Bertz CT molecular complexity index is 502. The van der Waals surface area contributed by atoms with E-state index in [0.29, 0.717) is 0 Å². The average Bonchev–Trinajstić information content (AvgIpc) is 2.45. The molecule has 1 aliphatic heterocycles. The molecular weight excluding hydrogens is 204 g/mol. The van der Waals surface area contributed by atoms with Crippen molar-refractivity contribution in [1.82, 2.24) is 0 Å². The van der Waals surface area contributed by atoms with Crippen LogP contribution in [0.15, 0.2) is 12.1 Å². The fourth-order valence-corrected chi connectivity index (χ4v) is 1.55. The van der Waals surface area contributed by atoms with Crippen molar-refractivity contribution >= 4 is 29.0 Å². The summed E-state index contributed by atoms with van der Waals surface area (Å²) in [5.74, 6) is -1.44. The van der Waals surface area contributed by atoms with E-state index >= 15 is 0 Å². The molecule has 1 N–H and O–H groups in total. The number of carbonyl (C=O) groups excluding carboxylic acids is 2.